The van der Waals surface area contributed by atoms with E-state index in [0.29, 0.717) is 13.1 Å². The highest BCUT2D eigenvalue weighted by Crippen LogP contribution is 2.24. The molecule has 0 radical (unpaired) electrons. The summed E-state index contributed by atoms with van der Waals surface area (Å²) in [6.07, 6.45) is 0. The van der Waals surface area contributed by atoms with Crippen LogP contribution in [0.5, 0.6) is 0 Å². The molecule has 0 bridgehead atoms. The van der Waals surface area contributed by atoms with Crippen LogP contribution in [-0.2, 0) is 6.54 Å². The van der Waals surface area contributed by atoms with Gasteiger partial charge in [0.2, 0.25) is 0 Å². The molecule has 1 aliphatic heterocycles. The van der Waals surface area contributed by atoms with Gasteiger partial charge in [0.05, 0.1) is 14.9 Å². The molecule has 3 rings (SSSR count). The predicted octanol–water partition coefficient (Wildman–Crippen LogP) is 4.15. The Morgan fingerprint density at radius 1 is 1.13 bits per heavy atom. The molecule has 0 aliphatic carbocycles. The fraction of sp³-hybridized carbons (Fsp3) is 0.312. The van der Waals surface area contributed by atoms with E-state index in [-0.39, 0.29) is 16.5 Å². The number of carbonyl (C=O) groups excluding carboxylic acids is 1. The van der Waals surface area contributed by atoms with E-state index >= 15 is 0 Å². The predicted molar refractivity (Wildman–Crippen MR) is 91.9 cm³/mol. The number of piperazine rings is 1. The minimum atomic E-state index is -0.571. The van der Waals surface area contributed by atoms with Crippen LogP contribution in [0.25, 0.3) is 0 Å². The van der Waals surface area contributed by atoms with Gasteiger partial charge in [-0.1, -0.05) is 29.3 Å². The standard InChI is InChI=1S/C16H15Cl2FN2OS/c17-12-2-1-3-13(19)15(12)16(22)21-8-6-20(7-9-21)10-11-4-5-14(18)23-11/h1-5H,6-10H2. The molecule has 1 saturated heterocycles. The van der Waals surface area contributed by atoms with Crippen molar-refractivity contribution in [3.05, 3.63) is 55.9 Å². The molecule has 1 aromatic carbocycles. The molecule has 0 unspecified atom stereocenters. The van der Waals surface area contributed by atoms with Crippen molar-refractivity contribution in [1.82, 2.24) is 9.80 Å². The molecule has 1 amide bonds. The van der Waals surface area contributed by atoms with Gasteiger partial charge in [0, 0.05) is 37.6 Å². The van der Waals surface area contributed by atoms with Crippen LogP contribution in [0.2, 0.25) is 9.36 Å². The van der Waals surface area contributed by atoms with Gasteiger partial charge in [-0.3, -0.25) is 9.69 Å². The second-order valence-electron chi connectivity index (χ2n) is 5.37. The van der Waals surface area contributed by atoms with Crippen molar-refractivity contribution in [2.24, 2.45) is 0 Å². The van der Waals surface area contributed by atoms with Gasteiger partial charge in [-0.2, -0.15) is 0 Å². The number of benzene rings is 1. The van der Waals surface area contributed by atoms with E-state index in [1.807, 2.05) is 12.1 Å². The lowest BCUT2D eigenvalue weighted by atomic mass is 10.1. The molecule has 1 aromatic heterocycles. The maximum atomic E-state index is 13.9. The van der Waals surface area contributed by atoms with Crippen LogP contribution in [0, 0.1) is 5.82 Å². The summed E-state index contributed by atoms with van der Waals surface area (Å²) in [7, 11) is 0. The summed E-state index contributed by atoms with van der Waals surface area (Å²) in [5.74, 6) is -0.912. The van der Waals surface area contributed by atoms with Crippen molar-refractivity contribution < 1.29 is 9.18 Å². The highest BCUT2D eigenvalue weighted by molar-refractivity contribution is 7.16. The normalized spacial score (nSPS) is 15.9. The average molecular weight is 373 g/mol. The number of nitrogens with zero attached hydrogens (tertiary/aromatic N) is 2. The SMILES string of the molecule is O=C(c1c(F)cccc1Cl)N1CCN(Cc2ccc(Cl)s2)CC1. The monoisotopic (exact) mass is 372 g/mol. The largest absolute Gasteiger partial charge is 0.336 e. The van der Waals surface area contributed by atoms with E-state index in [2.05, 4.69) is 4.90 Å². The number of halogens is 3. The summed E-state index contributed by atoms with van der Waals surface area (Å²) in [6, 6.07) is 8.20. The Morgan fingerprint density at radius 2 is 1.87 bits per heavy atom. The van der Waals surface area contributed by atoms with E-state index in [9.17, 15) is 9.18 Å². The van der Waals surface area contributed by atoms with Crippen LogP contribution in [0.3, 0.4) is 0 Å². The quantitative estimate of drug-likeness (QED) is 0.807. The fourth-order valence-electron chi connectivity index (χ4n) is 2.63. The first-order valence-corrected chi connectivity index (χ1v) is 8.81. The highest BCUT2D eigenvalue weighted by atomic mass is 35.5. The Morgan fingerprint density at radius 3 is 2.48 bits per heavy atom. The minimum absolute atomic E-state index is 0.0346. The van der Waals surface area contributed by atoms with Gasteiger partial charge in [-0.15, -0.1) is 11.3 Å². The van der Waals surface area contributed by atoms with E-state index in [0.717, 1.165) is 24.0 Å². The lowest BCUT2D eigenvalue weighted by molar-refractivity contribution is 0.0625. The molecule has 0 atom stereocenters. The lowest BCUT2D eigenvalue weighted by Crippen LogP contribution is -2.48. The van der Waals surface area contributed by atoms with Gasteiger partial charge in [0.15, 0.2) is 0 Å². The Balaban J connectivity index is 1.61. The van der Waals surface area contributed by atoms with Crippen molar-refractivity contribution in [1.29, 1.82) is 0 Å². The molecule has 3 nitrogen and oxygen atoms in total. The molecule has 2 aromatic rings. The molecule has 1 aliphatic rings. The third-order valence-electron chi connectivity index (χ3n) is 3.84. The topological polar surface area (TPSA) is 23.6 Å². The number of hydrogen-bond donors (Lipinski definition) is 0. The number of hydrogen-bond acceptors (Lipinski definition) is 3. The zero-order valence-electron chi connectivity index (χ0n) is 12.3. The van der Waals surface area contributed by atoms with Crippen molar-refractivity contribution in [3.8, 4) is 0 Å². The Kier molecular flexibility index (Phi) is 5.21. The van der Waals surface area contributed by atoms with Gasteiger partial charge in [0.25, 0.3) is 5.91 Å². The van der Waals surface area contributed by atoms with Gasteiger partial charge >= 0.3 is 0 Å². The van der Waals surface area contributed by atoms with Gasteiger partial charge in [-0.25, -0.2) is 4.39 Å². The smallest absolute Gasteiger partial charge is 0.258 e. The highest BCUT2D eigenvalue weighted by Gasteiger charge is 2.25. The van der Waals surface area contributed by atoms with Crippen molar-refractivity contribution in [2.75, 3.05) is 26.2 Å². The number of amides is 1. The van der Waals surface area contributed by atoms with Crippen LogP contribution in [-0.4, -0.2) is 41.9 Å². The lowest BCUT2D eigenvalue weighted by Gasteiger charge is -2.34. The van der Waals surface area contributed by atoms with E-state index in [1.165, 1.54) is 23.1 Å². The van der Waals surface area contributed by atoms with Crippen LogP contribution in [0.15, 0.2) is 30.3 Å². The molecule has 0 saturated carbocycles. The molecule has 0 N–H and O–H groups in total. The van der Waals surface area contributed by atoms with Gasteiger partial charge < -0.3 is 4.90 Å². The van der Waals surface area contributed by atoms with Crippen LogP contribution < -0.4 is 0 Å². The number of rotatable bonds is 3. The zero-order chi connectivity index (χ0) is 16.4. The van der Waals surface area contributed by atoms with Crippen molar-refractivity contribution >= 4 is 40.4 Å². The summed E-state index contributed by atoms with van der Waals surface area (Å²) in [4.78, 5) is 17.6. The molecule has 7 heteroatoms. The van der Waals surface area contributed by atoms with Crippen molar-refractivity contribution in [3.63, 3.8) is 0 Å². The average Bonchev–Trinajstić information content (AvgIpc) is 2.93. The van der Waals surface area contributed by atoms with Crippen LogP contribution in [0.4, 0.5) is 4.39 Å². The first-order chi connectivity index (χ1) is 11.0. The van der Waals surface area contributed by atoms with E-state index in [1.54, 1.807) is 16.2 Å². The van der Waals surface area contributed by atoms with E-state index < -0.39 is 5.82 Å². The molecule has 2 heterocycles. The second kappa shape index (κ2) is 7.18. The third kappa shape index (κ3) is 3.86. The first kappa shape index (κ1) is 16.7. The molecular formula is C16H15Cl2FN2OS. The molecule has 23 heavy (non-hydrogen) atoms. The first-order valence-electron chi connectivity index (χ1n) is 7.24. The minimum Gasteiger partial charge on any atom is -0.336 e. The summed E-state index contributed by atoms with van der Waals surface area (Å²) in [5.41, 5.74) is -0.0346. The molecule has 1 fully saturated rings. The van der Waals surface area contributed by atoms with Gasteiger partial charge in [-0.05, 0) is 24.3 Å². The maximum absolute atomic E-state index is 13.9. The Labute approximate surface area is 148 Å². The summed E-state index contributed by atoms with van der Waals surface area (Å²) < 4.78 is 14.6. The number of carbonyl (C=O) groups is 1. The van der Waals surface area contributed by atoms with Crippen LogP contribution in [0.1, 0.15) is 15.2 Å². The zero-order valence-corrected chi connectivity index (χ0v) is 14.6. The Bertz CT molecular complexity index is 694. The third-order valence-corrected chi connectivity index (χ3v) is 5.38. The van der Waals surface area contributed by atoms with Gasteiger partial charge in [0.1, 0.15) is 5.82 Å². The summed E-state index contributed by atoms with van der Waals surface area (Å²) in [6.45, 7) is 3.42. The van der Waals surface area contributed by atoms with Crippen molar-refractivity contribution in [2.45, 2.75) is 6.54 Å². The maximum Gasteiger partial charge on any atom is 0.258 e. The Hall–Kier alpha value is -1.14. The molecule has 0 spiro atoms. The summed E-state index contributed by atoms with van der Waals surface area (Å²) in [5, 5.41) is 0.158. The van der Waals surface area contributed by atoms with E-state index in [4.69, 9.17) is 23.2 Å². The molecular weight excluding hydrogens is 358 g/mol. The second-order valence-corrected chi connectivity index (χ2v) is 7.58. The molecule has 122 valence electrons. The summed E-state index contributed by atoms with van der Waals surface area (Å²) >= 11 is 13.5. The van der Waals surface area contributed by atoms with Crippen LogP contribution >= 0.6 is 34.5 Å². The number of thiophene rings is 1. The fourth-order valence-corrected chi connectivity index (χ4v) is 4.00.